The Morgan fingerprint density at radius 3 is 2.85 bits per heavy atom. The van der Waals surface area contributed by atoms with E-state index in [-0.39, 0.29) is 5.91 Å². The van der Waals surface area contributed by atoms with Gasteiger partial charge in [0, 0.05) is 32.4 Å². The molecule has 1 aromatic carbocycles. The van der Waals surface area contributed by atoms with E-state index in [2.05, 4.69) is 21.2 Å². The van der Waals surface area contributed by atoms with Crippen LogP contribution in [0, 0.1) is 0 Å². The first kappa shape index (κ1) is 17.5. The van der Waals surface area contributed by atoms with E-state index < -0.39 is 0 Å². The highest BCUT2D eigenvalue weighted by Gasteiger charge is 2.24. The fourth-order valence-corrected chi connectivity index (χ4v) is 4.18. The second-order valence-electron chi connectivity index (χ2n) is 6.56. The first-order chi connectivity index (χ1) is 12.7. The van der Waals surface area contributed by atoms with Gasteiger partial charge < -0.3 is 14.2 Å². The molecule has 1 aromatic heterocycles. The number of aromatic nitrogens is 3. The summed E-state index contributed by atoms with van der Waals surface area (Å²) in [7, 11) is 1.97. The largest absolute Gasteiger partial charge is 0.379 e. The number of ether oxygens (including phenoxy) is 1. The molecule has 0 radical (unpaired) electrons. The minimum atomic E-state index is 0.123. The highest BCUT2D eigenvalue weighted by atomic mass is 32.2. The van der Waals surface area contributed by atoms with Crippen molar-refractivity contribution < 1.29 is 9.53 Å². The highest BCUT2D eigenvalue weighted by Crippen LogP contribution is 2.28. The van der Waals surface area contributed by atoms with Crippen LogP contribution in [0.3, 0.4) is 0 Å². The van der Waals surface area contributed by atoms with Gasteiger partial charge in [0.1, 0.15) is 5.82 Å². The van der Waals surface area contributed by atoms with Crippen LogP contribution in [-0.4, -0.2) is 64.2 Å². The first-order valence-electron chi connectivity index (χ1n) is 8.92. The van der Waals surface area contributed by atoms with Gasteiger partial charge in [-0.05, 0) is 18.1 Å². The lowest BCUT2D eigenvalue weighted by atomic mass is 10.2. The Balaban J connectivity index is 1.35. The summed E-state index contributed by atoms with van der Waals surface area (Å²) in [6, 6.07) is 8.12. The summed E-state index contributed by atoms with van der Waals surface area (Å²) in [5, 5.41) is 9.36. The van der Waals surface area contributed by atoms with Gasteiger partial charge in [0.25, 0.3) is 0 Å². The molecule has 2 aromatic rings. The van der Waals surface area contributed by atoms with Gasteiger partial charge in [-0.3, -0.25) is 9.69 Å². The Morgan fingerprint density at radius 1 is 1.19 bits per heavy atom. The lowest BCUT2D eigenvalue weighted by Gasteiger charge is -2.25. The standard InChI is InChI=1S/C18H23N5O2S/c1-21-16(12-22-8-10-25-11-9-22)19-20-18(21)26-13-17(24)23-7-6-14-4-2-3-5-15(14)23/h2-5H,6-13H2,1H3. The van der Waals surface area contributed by atoms with E-state index in [1.165, 1.54) is 17.3 Å². The number of morpholine rings is 1. The van der Waals surface area contributed by atoms with Crippen LogP contribution in [-0.2, 0) is 29.5 Å². The average molecular weight is 373 g/mol. The van der Waals surface area contributed by atoms with Crippen molar-refractivity contribution in [1.29, 1.82) is 0 Å². The molecule has 4 rings (SSSR count). The number of carbonyl (C=O) groups is 1. The van der Waals surface area contributed by atoms with E-state index >= 15 is 0 Å². The number of rotatable bonds is 5. The van der Waals surface area contributed by atoms with E-state index in [0.717, 1.165) is 62.5 Å². The molecule has 1 amide bonds. The van der Waals surface area contributed by atoms with Gasteiger partial charge in [-0.25, -0.2) is 0 Å². The van der Waals surface area contributed by atoms with Crippen molar-refractivity contribution in [3.63, 3.8) is 0 Å². The van der Waals surface area contributed by atoms with Crippen molar-refractivity contribution in [3.05, 3.63) is 35.7 Å². The monoisotopic (exact) mass is 373 g/mol. The zero-order chi connectivity index (χ0) is 17.9. The minimum Gasteiger partial charge on any atom is -0.379 e. The third-order valence-electron chi connectivity index (χ3n) is 4.91. The zero-order valence-corrected chi connectivity index (χ0v) is 15.7. The van der Waals surface area contributed by atoms with Gasteiger partial charge >= 0.3 is 0 Å². The van der Waals surface area contributed by atoms with Crippen molar-refractivity contribution in [1.82, 2.24) is 19.7 Å². The van der Waals surface area contributed by atoms with Crippen LogP contribution in [0.2, 0.25) is 0 Å². The summed E-state index contributed by atoms with van der Waals surface area (Å²) in [5.41, 5.74) is 2.29. The number of anilines is 1. The van der Waals surface area contributed by atoms with Gasteiger partial charge in [0.05, 0.1) is 25.5 Å². The second-order valence-corrected chi connectivity index (χ2v) is 7.50. The van der Waals surface area contributed by atoms with Crippen LogP contribution in [0.5, 0.6) is 0 Å². The Labute approximate surface area is 157 Å². The third-order valence-corrected chi connectivity index (χ3v) is 5.91. The number of para-hydroxylation sites is 1. The predicted octanol–water partition coefficient (Wildman–Crippen LogP) is 1.33. The molecule has 138 valence electrons. The zero-order valence-electron chi connectivity index (χ0n) is 14.9. The maximum absolute atomic E-state index is 12.6. The molecule has 0 unspecified atom stereocenters. The number of hydrogen-bond donors (Lipinski definition) is 0. The summed E-state index contributed by atoms with van der Waals surface area (Å²) in [6.45, 7) is 4.90. The molecule has 1 saturated heterocycles. The highest BCUT2D eigenvalue weighted by molar-refractivity contribution is 7.99. The predicted molar refractivity (Wildman–Crippen MR) is 100 cm³/mol. The van der Waals surface area contributed by atoms with E-state index in [9.17, 15) is 4.79 Å². The number of hydrogen-bond acceptors (Lipinski definition) is 6. The Hall–Kier alpha value is -1.90. The van der Waals surface area contributed by atoms with Gasteiger partial charge in [0.15, 0.2) is 5.16 Å². The van der Waals surface area contributed by atoms with Crippen LogP contribution in [0.4, 0.5) is 5.69 Å². The second kappa shape index (κ2) is 7.77. The normalized spacial score (nSPS) is 17.5. The molecular weight excluding hydrogens is 350 g/mol. The topological polar surface area (TPSA) is 63.5 Å². The molecule has 2 aliphatic rings. The number of fused-ring (bicyclic) bond motifs is 1. The molecule has 1 fully saturated rings. The van der Waals surface area contributed by atoms with Crippen molar-refractivity contribution in [2.75, 3.05) is 43.5 Å². The van der Waals surface area contributed by atoms with Crippen molar-refractivity contribution in [2.45, 2.75) is 18.1 Å². The molecule has 0 spiro atoms. The number of thioether (sulfide) groups is 1. The number of amides is 1. The molecule has 0 saturated carbocycles. The molecule has 0 N–H and O–H groups in total. The summed E-state index contributed by atoms with van der Waals surface area (Å²) in [4.78, 5) is 16.8. The van der Waals surface area contributed by atoms with Crippen molar-refractivity contribution >= 4 is 23.4 Å². The minimum absolute atomic E-state index is 0.123. The lowest BCUT2D eigenvalue weighted by Crippen LogP contribution is -2.36. The molecule has 3 heterocycles. The molecule has 0 atom stereocenters. The quantitative estimate of drug-likeness (QED) is 0.737. The van der Waals surface area contributed by atoms with Crippen molar-refractivity contribution in [3.8, 4) is 0 Å². The van der Waals surface area contributed by atoms with E-state index in [1.54, 1.807) is 0 Å². The van der Waals surface area contributed by atoms with Crippen molar-refractivity contribution in [2.24, 2.45) is 7.05 Å². The maximum atomic E-state index is 12.6. The SMILES string of the molecule is Cn1c(CN2CCOCC2)nnc1SCC(=O)N1CCc2ccccc21. The third kappa shape index (κ3) is 3.62. The molecule has 8 heteroatoms. The van der Waals surface area contributed by atoms with E-state index in [4.69, 9.17) is 4.74 Å². The lowest BCUT2D eigenvalue weighted by molar-refractivity contribution is -0.116. The maximum Gasteiger partial charge on any atom is 0.237 e. The fraction of sp³-hybridized carbons (Fsp3) is 0.500. The van der Waals surface area contributed by atoms with Gasteiger partial charge in [-0.2, -0.15) is 0 Å². The summed E-state index contributed by atoms with van der Waals surface area (Å²) in [5.74, 6) is 1.42. The summed E-state index contributed by atoms with van der Waals surface area (Å²) >= 11 is 1.45. The first-order valence-corrected chi connectivity index (χ1v) is 9.90. The molecule has 7 nitrogen and oxygen atoms in total. The summed E-state index contributed by atoms with van der Waals surface area (Å²) in [6.07, 6.45) is 0.931. The molecule has 0 bridgehead atoms. The van der Waals surface area contributed by atoms with Gasteiger partial charge in [0.2, 0.25) is 5.91 Å². The van der Waals surface area contributed by atoms with Crippen LogP contribution in [0.15, 0.2) is 29.4 Å². The average Bonchev–Trinajstić information content (AvgIpc) is 3.25. The van der Waals surface area contributed by atoms with E-state index in [1.807, 2.05) is 34.7 Å². The number of nitrogens with zero attached hydrogens (tertiary/aromatic N) is 5. The van der Waals surface area contributed by atoms with Gasteiger partial charge in [-0.15, -0.1) is 10.2 Å². The van der Waals surface area contributed by atoms with Crippen LogP contribution in [0.25, 0.3) is 0 Å². The fourth-order valence-electron chi connectivity index (χ4n) is 3.37. The number of carbonyl (C=O) groups excluding carboxylic acids is 1. The Kier molecular flexibility index (Phi) is 5.23. The van der Waals surface area contributed by atoms with Crippen LogP contribution < -0.4 is 4.90 Å². The van der Waals surface area contributed by atoms with Gasteiger partial charge in [-0.1, -0.05) is 30.0 Å². The van der Waals surface area contributed by atoms with Crippen LogP contribution >= 0.6 is 11.8 Å². The molecule has 2 aliphatic heterocycles. The van der Waals surface area contributed by atoms with E-state index in [0.29, 0.717) is 5.75 Å². The van der Waals surface area contributed by atoms with Crippen LogP contribution in [0.1, 0.15) is 11.4 Å². The Morgan fingerprint density at radius 2 is 2.00 bits per heavy atom. The molecular formula is C18H23N5O2S. The number of benzene rings is 1. The molecule has 26 heavy (non-hydrogen) atoms. The molecule has 0 aliphatic carbocycles. The summed E-state index contributed by atoms with van der Waals surface area (Å²) < 4.78 is 7.37. The Bertz CT molecular complexity index is 788. The smallest absolute Gasteiger partial charge is 0.237 e.